The van der Waals surface area contributed by atoms with E-state index in [0.717, 1.165) is 17.5 Å². The Kier molecular flexibility index (Phi) is 4.44. The summed E-state index contributed by atoms with van der Waals surface area (Å²) in [5.41, 5.74) is 5.73. The van der Waals surface area contributed by atoms with Crippen LogP contribution in [0.2, 0.25) is 0 Å². The van der Waals surface area contributed by atoms with Gasteiger partial charge in [-0.3, -0.25) is 0 Å². The van der Waals surface area contributed by atoms with Gasteiger partial charge in [-0.15, -0.1) is 0 Å². The van der Waals surface area contributed by atoms with Crippen LogP contribution in [0.25, 0.3) is 22.3 Å². The van der Waals surface area contributed by atoms with Crippen LogP contribution in [0, 0.1) is 11.3 Å². The first kappa shape index (κ1) is 14.9. The number of nitriles is 1. The normalized spacial score (nSPS) is 10.3. The van der Waals surface area contributed by atoms with Crippen molar-refractivity contribution in [2.45, 2.75) is 19.8 Å². The van der Waals surface area contributed by atoms with Crippen LogP contribution in [0.15, 0.2) is 60.9 Å². The van der Waals surface area contributed by atoms with Crippen LogP contribution in [-0.4, -0.2) is 9.97 Å². The van der Waals surface area contributed by atoms with Crippen LogP contribution < -0.4 is 0 Å². The van der Waals surface area contributed by atoms with Crippen LogP contribution >= 0.6 is 0 Å². The van der Waals surface area contributed by atoms with Gasteiger partial charge in [0.2, 0.25) is 5.82 Å². The van der Waals surface area contributed by atoms with E-state index in [-0.39, 0.29) is 5.82 Å². The van der Waals surface area contributed by atoms with E-state index in [1.165, 1.54) is 23.1 Å². The van der Waals surface area contributed by atoms with Crippen molar-refractivity contribution in [1.82, 2.24) is 9.97 Å². The van der Waals surface area contributed by atoms with Crippen LogP contribution in [0.4, 0.5) is 0 Å². The Morgan fingerprint density at radius 2 is 1.26 bits per heavy atom. The van der Waals surface area contributed by atoms with Gasteiger partial charge in [-0.25, -0.2) is 9.97 Å². The van der Waals surface area contributed by atoms with Gasteiger partial charge in [0, 0.05) is 18.0 Å². The molecule has 1 heterocycles. The molecule has 0 amide bonds. The molecular formula is C20H17N3. The lowest BCUT2D eigenvalue weighted by atomic mass is 10.00. The van der Waals surface area contributed by atoms with Gasteiger partial charge >= 0.3 is 0 Å². The van der Waals surface area contributed by atoms with E-state index < -0.39 is 0 Å². The third kappa shape index (κ3) is 3.44. The third-order valence-corrected chi connectivity index (χ3v) is 3.80. The molecule has 0 bridgehead atoms. The summed E-state index contributed by atoms with van der Waals surface area (Å²) in [6.07, 6.45) is 5.65. The van der Waals surface area contributed by atoms with Gasteiger partial charge in [0.15, 0.2) is 0 Å². The van der Waals surface area contributed by atoms with Crippen molar-refractivity contribution in [3.63, 3.8) is 0 Å². The molecule has 0 saturated heterocycles. The summed E-state index contributed by atoms with van der Waals surface area (Å²) in [6.45, 7) is 2.19. The zero-order chi connectivity index (χ0) is 16.1. The van der Waals surface area contributed by atoms with Crippen LogP contribution in [0.5, 0.6) is 0 Å². The lowest BCUT2D eigenvalue weighted by molar-refractivity contribution is 0.922. The van der Waals surface area contributed by atoms with E-state index in [9.17, 15) is 0 Å². The topological polar surface area (TPSA) is 49.6 Å². The molecule has 0 radical (unpaired) electrons. The minimum atomic E-state index is 0.192. The van der Waals surface area contributed by atoms with Crippen molar-refractivity contribution in [3.05, 3.63) is 72.3 Å². The molecular weight excluding hydrogens is 282 g/mol. The summed E-state index contributed by atoms with van der Waals surface area (Å²) in [6, 6.07) is 19.0. The SMILES string of the molecule is CCCc1ccc(-c2ccc(-c3cnc(C#N)nc3)cc2)cc1. The van der Waals surface area contributed by atoms with Gasteiger partial charge in [0.05, 0.1) is 0 Å². The first-order valence-electron chi connectivity index (χ1n) is 7.72. The average Bonchev–Trinajstić information content (AvgIpc) is 2.63. The zero-order valence-electron chi connectivity index (χ0n) is 13.0. The summed E-state index contributed by atoms with van der Waals surface area (Å²) in [7, 11) is 0. The number of hydrogen-bond donors (Lipinski definition) is 0. The third-order valence-electron chi connectivity index (χ3n) is 3.80. The Bertz CT molecular complexity index is 811. The fourth-order valence-electron chi connectivity index (χ4n) is 2.54. The van der Waals surface area contributed by atoms with E-state index in [2.05, 4.69) is 65.4 Å². The van der Waals surface area contributed by atoms with Crippen molar-refractivity contribution < 1.29 is 0 Å². The molecule has 0 atom stereocenters. The van der Waals surface area contributed by atoms with E-state index in [1.54, 1.807) is 12.4 Å². The predicted molar refractivity (Wildman–Crippen MR) is 91.6 cm³/mol. The van der Waals surface area contributed by atoms with Crippen LogP contribution in [-0.2, 0) is 6.42 Å². The fraction of sp³-hybridized carbons (Fsp3) is 0.150. The fourth-order valence-corrected chi connectivity index (χ4v) is 2.54. The summed E-state index contributed by atoms with van der Waals surface area (Å²) in [5, 5.41) is 8.74. The molecule has 0 aliphatic rings. The Hall–Kier alpha value is -2.99. The molecule has 0 unspecified atom stereocenters. The van der Waals surface area contributed by atoms with Gasteiger partial charge in [-0.2, -0.15) is 5.26 Å². The lowest BCUT2D eigenvalue weighted by Crippen LogP contribution is -1.89. The molecule has 0 aliphatic heterocycles. The maximum Gasteiger partial charge on any atom is 0.232 e. The highest BCUT2D eigenvalue weighted by molar-refractivity contribution is 5.69. The second-order valence-electron chi connectivity index (χ2n) is 5.43. The first-order chi connectivity index (χ1) is 11.3. The highest BCUT2D eigenvalue weighted by Crippen LogP contribution is 2.24. The van der Waals surface area contributed by atoms with E-state index in [1.807, 2.05) is 6.07 Å². The molecule has 3 nitrogen and oxygen atoms in total. The molecule has 3 aromatic rings. The number of hydrogen-bond acceptors (Lipinski definition) is 3. The van der Waals surface area contributed by atoms with Gasteiger partial charge in [0.1, 0.15) is 6.07 Å². The molecule has 0 spiro atoms. The largest absolute Gasteiger partial charge is 0.232 e. The van der Waals surface area contributed by atoms with Crippen molar-refractivity contribution in [2.75, 3.05) is 0 Å². The number of aryl methyl sites for hydroxylation is 1. The van der Waals surface area contributed by atoms with Crippen LogP contribution in [0.1, 0.15) is 24.7 Å². The van der Waals surface area contributed by atoms with Gasteiger partial charge in [-0.1, -0.05) is 61.9 Å². The summed E-state index contributed by atoms with van der Waals surface area (Å²) in [4.78, 5) is 8.02. The summed E-state index contributed by atoms with van der Waals surface area (Å²) >= 11 is 0. The monoisotopic (exact) mass is 299 g/mol. The Labute approximate surface area is 136 Å². The maximum atomic E-state index is 8.74. The second-order valence-corrected chi connectivity index (χ2v) is 5.43. The first-order valence-corrected chi connectivity index (χ1v) is 7.72. The zero-order valence-corrected chi connectivity index (χ0v) is 13.0. The van der Waals surface area contributed by atoms with E-state index in [4.69, 9.17) is 5.26 Å². The predicted octanol–water partition coefficient (Wildman–Crippen LogP) is 4.63. The standard InChI is InChI=1S/C20H17N3/c1-2-3-15-4-6-16(7-5-15)17-8-10-18(11-9-17)19-13-22-20(12-21)23-14-19/h4-11,13-14H,2-3H2,1H3. The molecule has 0 N–H and O–H groups in total. The number of rotatable bonds is 4. The molecule has 3 heteroatoms. The van der Waals surface area contributed by atoms with E-state index in [0.29, 0.717) is 0 Å². The smallest absolute Gasteiger partial charge is 0.227 e. The highest BCUT2D eigenvalue weighted by atomic mass is 14.9. The Morgan fingerprint density at radius 3 is 1.74 bits per heavy atom. The minimum Gasteiger partial charge on any atom is -0.227 e. The number of nitrogens with zero attached hydrogens (tertiary/aromatic N) is 3. The van der Waals surface area contributed by atoms with Crippen molar-refractivity contribution >= 4 is 0 Å². The summed E-state index contributed by atoms with van der Waals surface area (Å²) in [5.74, 6) is 0.192. The van der Waals surface area contributed by atoms with Gasteiger partial charge in [0.25, 0.3) is 0 Å². The van der Waals surface area contributed by atoms with Gasteiger partial charge in [-0.05, 0) is 28.7 Å². The Morgan fingerprint density at radius 1 is 0.783 bits per heavy atom. The molecule has 2 aromatic carbocycles. The molecule has 112 valence electrons. The molecule has 0 saturated carbocycles. The molecule has 3 rings (SSSR count). The number of aromatic nitrogens is 2. The summed E-state index contributed by atoms with van der Waals surface area (Å²) < 4.78 is 0. The molecule has 23 heavy (non-hydrogen) atoms. The van der Waals surface area contributed by atoms with Crippen molar-refractivity contribution in [1.29, 1.82) is 5.26 Å². The lowest BCUT2D eigenvalue weighted by Gasteiger charge is -2.06. The van der Waals surface area contributed by atoms with Gasteiger partial charge < -0.3 is 0 Å². The minimum absolute atomic E-state index is 0.192. The quantitative estimate of drug-likeness (QED) is 0.705. The molecule has 0 aliphatic carbocycles. The molecule has 0 fully saturated rings. The van der Waals surface area contributed by atoms with Crippen molar-refractivity contribution in [3.8, 4) is 28.3 Å². The number of benzene rings is 2. The van der Waals surface area contributed by atoms with E-state index >= 15 is 0 Å². The average molecular weight is 299 g/mol. The highest BCUT2D eigenvalue weighted by Gasteiger charge is 2.02. The van der Waals surface area contributed by atoms with Crippen LogP contribution in [0.3, 0.4) is 0 Å². The second kappa shape index (κ2) is 6.85. The van der Waals surface area contributed by atoms with Crippen molar-refractivity contribution in [2.24, 2.45) is 0 Å². The maximum absolute atomic E-state index is 8.74. The Balaban J connectivity index is 1.82. The molecule has 1 aromatic heterocycles.